The highest BCUT2D eigenvalue weighted by atomic mass is 16.2. The Morgan fingerprint density at radius 1 is 1.00 bits per heavy atom. The van der Waals surface area contributed by atoms with Gasteiger partial charge in [-0.25, -0.2) is 4.79 Å². The first-order valence-electron chi connectivity index (χ1n) is 9.28. The highest BCUT2D eigenvalue weighted by Crippen LogP contribution is 2.26. The minimum Gasteiger partial charge on any atom is -0.342 e. The maximum atomic E-state index is 12.5. The highest BCUT2D eigenvalue weighted by molar-refractivity contribution is 6.21. The van der Waals surface area contributed by atoms with Crippen LogP contribution in [-0.2, 0) is 9.59 Å². The maximum absolute atomic E-state index is 12.5. The number of hydrogen-bond acceptors (Lipinski definition) is 5. The summed E-state index contributed by atoms with van der Waals surface area (Å²) in [4.78, 5) is 63.2. The van der Waals surface area contributed by atoms with Crippen LogP contribution >= 0.6 is 0 Å². The zero-order valence-corrected chi connectivity index (χ0v) is 15.2. The molecule has 0 radical (unpaired) electrons. The lowest BCUT2D eigenvalue weighted by Crippen LogP contribution is -2.55. The van der Waals surface area contributed by atoms with Crippen LogP contribution in [0.4, 0.5) is 4.79 Å². The Labute approximate surface area is 161 Å². The number of benzene rings is 1. The molecule has 9 nitrogen and oxygen atoms in total. The number of urea groups is 1. The van der Waals surface area contributed by atoms with Gasteiger partial charge in [-0.05, 0) is 31.4 Å². The van der Waals surface area contributed by atoms with Crippen LogP contribution in [-0.4, -0.2) is 64.6 Å². The number of likely N-dealkylation sites (tertiary alicyclic amines) is 1. The number of carbonyl (C=O) groups is 5. The van der Waals surface area contributed by atoms with E-state index in [2.05, 4.69) is 10.6 Å². The fourth-order valence-electron chi connectivity index (χ4n) is 4.01. The molecule has 3 aliphatic heterocycles. The van der Waals surface area contributed by atoms with Gasteiger partial charge in [-0.15, -0.1) is 0 Å². The zero-order chi connectivity index (χ0) is 19.9. The number of imide groups is 2. The minimum atomic E-state index is -0.909. The van der Waals surface area contributed by atoms with E-state index in [4.69, 9.17) is 0 Å². The van der Waals surface area contributed by atoms with Crippen molar-refractivity contribution >= 4 is 29.7 Å². The molecule has 146 valence electrons. The number of amides is 6. The topological polar surface area (TPSA) is 116 Å². The number of nitrogens with zero attached hydrogens (tertiary/aromatic N) is 2. The van der Waals surface area contributed by atoms with E-state index in [-0.39, 0.29) is 36.6 Å². The molecule has 4 rings (SSSR count). The Morgan fingerprint density at radius 2 is 1.61 bits per heavy atom. The van der Waals surface area contributed by atoms with Crippen molar-refractivity contribution in [3.05, 3.63) is 35.4 Å². The highest BCUT2D eigenvalue weighted by Gasteiger charge is 2.48. The molecule has 2 N–H and O–H groups in total. The van der Waals surface area contributed by atoms with E-state index in [1.54, 1.807) is 29.2 Å². The van der Waals surface area contributed by atoms with Crippen molar-refractivity contribution < 1.29 is 24.0 Å². The van der Waals surface area contributed by atoms with Crippen LogP contribution in [0.1, 0.15) is 46.4 Å². The maximum Gasteiger partial charge on any atom is 0.322 e. The fourth-order valence-corrected chi connectivity index (χ4v) is 4.01. The van der Waals surface area contributed by atoms with Crippen LogP contribution in [0.3, 0.4) is 0 Å². The second-order valence-corrected chi connectivity index (χ2v) is 7.28. The molecule has 3 aliphatic rings. The zero-order valence-electron chi connectivity index (χ0n) is 15.2. The van der Waals surface area contributed by atoms with Crippen molar-refractivity contribution in [1.82, 2.24) is 20.4 Å². The van der Waals surface area contributed by atoms with Crippen molar-refractivity contribution in [3.63, 3.8) is 0 Å². The molecule has 3 heterocycles. The summed E-state index contributed by atoms with van der Waals surface area (Å²) in [6, 6.07) is 6.19. The first-order chi connectivity index (χ1) is 13.4. The predicted molar refractivity (Wildman–Crippen MR) is 96.3 cm³/mol. The summed E-state index contributed by atoms with van der Waals surface area (Å²) < 4.78 is 0. The summed E-state index contributed by atoms with van der Waals surface area (Å²) >= 11 is 0. The van der Waals surface area contributed by atoms with Gasteiger partial charge in [-0.2, -0.15) is 0 Å². The fraction of sp³-hybridized carbons (Fsp3) is 0.421. The normalized spacial score (nSPS) is 20.4. The molecule has 28 heavy (non-hydrogen) atoms. The van der Waals surface area contributed by atoms with Crippen molar-refractivity contribution in [2.24, 2.45) is 0 Å². The van der Waals surface area contributed by atoms with E-state index < -0.39 is 11.6 Å². The molecule has 0 bridgehead atoms. The molecular weight excluding hydrogens is 364 g/mol. The van der Waals surface area contributed by atoms with Gasteiger partial charge in [0.1, 0.15) is 5.54 Å². The number of piperidine rings is 1. The Kier molecular flexibility index (Phi) is 4.37. The largest absolute Gasteiger partial charge is 0.342 e. The first-order valence-corrected chi connectivity index (χ1v) is 9.28. The number of hydrogen-bond donors (Lipinski definition) is 2. The quantitative estimate of drug-likeness (QED) is 0.571. The van der Waals surface area contributed by atoms with Gasteiger partial charge in [0.05, 0.1) is 11.1 Å². The number of rotatable bonds is 4. The van der Waals surface area contributed by atoms with Crippen LogP contribution in [0.25, 0.3) is 0 Å². The molecule has 0 aliphatic carbocycles. The standard InChI is InChI=1S/C19H20N4O5/c24-14(22-10-7-19(8-11-22)17(27)20-18(28)21-19)6-3-9-23-15(25)12-4-1-2-5-13(12)16(23)26/h1-2,4-5H,3,6-11H2,(H2,20,21,27,28). The summed E-state index contributed by atoms with van der Waals surface area (Å²) in [6.45, 7) is 0.938. The van der Waals surface area contributed by atoms with Gasteiger partial charge >= 0.3 is 6.03 Å². The lowest BCUT2D eigenvalue weighted by Gasteiger charge is -2.37. The van der Waals surface area contributed by atoms with Crippen LogP contribution in [0.5, 0.6) is 0 Å². The SMILES string of the molecule is O=C1NC(=O)C2(CCN(C(=O)CCCN3C(=O)c4ccccc4C3=O)CC2)N1. The van der Waals surface area contributed by atoms with Crippen molar-refractivity contribution in [3.8, 4) is 0 Å². The Balaban J connectivity index is 1.27. The van der Waals surface area contributed by atoms with E-state index in [9.17, 15) is 24.0 Å². The summed E-state index contributed by atoms with van der Waals surface area (Å²) in [7, 11) is 0. The third-order valence-corrected chi connectivity index (χ3v) is 5.63. The third-order valence-electron chi connectivity index (χ3n) is 5.63. The van der Waals surface area contributed by atoms with E-state index in [1.165, 1.54) is 4.90 Å². The van der Waals surface area contributed by atoms with Crippen LogP contribution in [0, 0.1) is 0 Å². The molecule has 2 fully saturated rings. The molecule has 9 heteroatoms. The Hall–Kier alpha value is -3.23. The monoisotopic (exact) mass is 384 g/mol. The van der Waals surface area contributed by atoms with Gasteiger partial charge < -0.3 is 10.2 Å². The summed E-state index contributed by atoms with van der Waals surface area (Å²) in [5.74, 6) is -1.07. The average Bonchev–Trinajstić information content (AvgIpc) is 3.10. The molecular formula is C19H20N4O5. The lowest BCUT2D eigenvalue weighted by atomic mass is 9.87. The van der Waals surface area contributed by atoms with E-state index in [0.717, 1.165) is 0 Å². The molecule has 1 spiro atoms. The van der Waals surface area contributed by atoms with Crippen LogP contribution in [0.15, 0.2) is 24.3 Å². The van der Waals surface area contributed by atoms with Gasteiger partial charge in [0.2, 0.25) is 5.91 Å². The molecule has 0 atom stereocenters. The second kappa shape index (κ2) is 6.74. The first kappa shape index (κ1) is 18.1. The lowest BCUT2D eigenvalue weighted by molar-refractivity contribution is -0.135. The molecule has 2 saturated heterocycles. The Morgan fingerprint density at radius 3 is 2.14 bits per heavy atom. The smallest absolute Gasteiger partial charge is 0.322 e. The van der Waals surface area contributed by atoms with Crippen LogP contribution in [0.2, 0.25) is 0 Å². The van der Waals surface area contributed by atoms with E-state index in [1.807, 2.05) is 0 Å². The van der Waals surface area contributed by atoms with Crippen molar-refractivity contribution in [2.45, 2.75) is 31.2 Å². The molecule has 1 aromatic rings. The predicted octanol–water partition coefficient (Wildman–Crippen LogP) is 0.263. The third kappa shape index (κ3) is 2.92. The molecule has 0 aromatic heterocycles. The second-order valence-electron chi connectivity index (χ2n) is 7.28. The number of nitrogens with one attached hydrogen (secondary N) is 2. The number of fused-ring (bicyclic) bond motifs is 1. The van der Waals surface area contributed by atoms with Gasteiger partial charge in [0, 0.05) is 26.1 Å². The Bertz CT molecular complexity index is 853. The van der Waals surface area contributed by atoms with Crippen molar-refractivity contribution in [2.75, 3.05) is 19.6 Å². The molecule has 0 saturated carbocycles. The van der Waals surface area contributed by atoms with Gasteiger partial charge in [0.25, 0.3) is 17.7 Å². The minimum absolute atomic E-state index is 0.0869. The number of carbonyl (C=O) groups excluding carboxylic acids is 5. The van der Waals surface area contributed by atoms with Crippen molar-refractivity contribution in [1.29, 1.82) is 0 Å². The van der Waals surface area contributed by atoms with Gasteiger partial charge in [0.15, 0.2) is 0 Å². The van der Waals surface area contributed by atoms with E-state index in [0.29, 0.717) is 43.5 Å². The molecule has 6 amide bonds. The summed E-state index contributed by atoms with van der Waals surface area (Å²) in [5.41, 5.74) is -0.109. The summed E-state index contributed by atoms with van der Waals surface area (Å²) in [5, 5.41) is 4.90. The van der Waals surface area contributed by atoms with Gasteiger partial charge in [-0.3, -0.25) is 29.4 Å². The van der Waals surface area contributed by atoms with E-state index >= 15 is 0 Å². The van der Waals surface area contributed by atoms with Crippen LogP contribution < -0.4 is 10.6 Å². The molecule has 1 aromatic carbocycles. The summed E-state index contributed by atoms with van der Waals surface area (Å²) in [6.07, 6.45) is 1.32. The molecule has 0 unspecified atom stereocenters. The van der Waals surface area contributed by atoms with Gasteiger partial charge in [-0.1, -0.05) is 12.1 Å². The average molecular weight is 384 g/mol.